The van der Waals surface area contributed by atoms with Gasteiger partial charge in [0.2, 0.25) is 0 Å². The van der Waals surface area contributed by atoms with Crippen LogP contribution >= 0.6 is 0 Å². The summed E-state index contributed by atoms with van der Waals surface area (Å²) in [4.78, 5) is 11.1. The molecule has 9 aliphatic carbocycles. The maximum absolute atomic E-state index is 5.57. The van der Waals surface area contributed by atoms with Gasteiger partial charge in [-0.1, -0.05) is 66.7 Å². The average Bonchev–Trinajstić information content (AvgIpc) is 3.85. The fourth-order valence-corrected chi connectivity index (χ4v) is 15.3. The lowest BCUT2D eigenvalue weighted by Gasteiger charge is -2.67. The van der Waals surface area contributed by atoms with Crippen LogP contribution in [0.1, 0.15) is 116 Å². The number of hydrogen-bond acceptors (Lipinski definition) is 2. The number of nitrogens with zero attached hydrogens (tertiary/aromatic N) is 3. The molecule has 3 saturated carbocycles. The van der Waals surface area contributed by atoms with Gasteiger partial charge in [0.1, 0.15) is 0 Å². The van der Waals surface area contributed by atoms with Crippen molar-refractivity contribution in [2.75, 3.05) is 0 Å². The molecular weight excluding hydrogens is 631 g/mol. The van der Waals surface area contributed by atoms with E-state index in [-0.39, 0.29) is 11.8 Å². The lowest BCUT2D eigenvalue weighted by Crippen LogP contribution is -2.59. The van der Waals surface area contributed by atoms with E-state index in [0.717, 1.165) is 37.5 Å². The Bertz CT molecular complexity index is 3030. The van der Waals surface area contributed by atoms with Crippen LogP contribution in [0.4, 0.5) is 0 Å². The third-order valence-electron chi connectivity index (χ3n) is 16.9. The smallest absolute Gasteiger partial charge is 0.0729 e. The SMILES string of the molecule is c1cc2c3c(c1)CCc1c-3c(c3c4c5c(ncc4n4c6cnc7c(c6c1c34)C1c3ccccc3C7c3ccccc31)C1CC3CC4CC5CC431)CC2. The molecule has 0 saturated heterocycles. The second-order valence-electron chi connectivity index (χ2n) is 18.1. The minimum atomic E-state index is 0.177. The van der Waals surface area contributed by atoms with Crippen molar-refractivity contribution in [3.63, 3.8) is 0 Å². The quantitative estimate of drug-likeness (QED) is 0.161. The molecule has 5 atom stereocenters. The number of aryl methyl sites for hydroxylation is 4. The standard InChI is InChI=1S/C49H35N3/c1-3-10-29-27(8-1)38-28-9-2-4-11-30(28)40(29)47-45(38)44-35(21-51-47)52-34-20-50-46-33-18-26-17-25-16-24(19-49(25,26)33)37(46)43(34)41-31-14-12-22-6-5-7-23-13-15-32(39(31)36(22)23)42(44)48(41)52/h1-11,20-21,24-26,33,38,40H,12-19H2. The van der Waals surface area contributed by atoms with E-state index in [1.807, 2.05) is 0 Å². The van der Waals surface area contributed by atoms with Gasteiger partial charge in [0.15, 0.2) is 0 Å². The van der Waals surface area contributed by atoms with Gasteiger partial charge < -0.3 is 4.40 Å². The van der Waals surface area contributed by atoms with Crippen molar-refractivity contribution in [2.24, 2.45) is 17.3 Å². The molecule has 4 bridgehead atoms. The molecular formula is C49H35N3. The monoisotopic (exact) mass is 665 g/mol. The van der Waals surface area contributed by atoms with Gasteiger partial charge in [-0.15, -0.1) is 0 Å². The first-order chi connectivity index (χ1) is 25.8. The van der Waals surface area contributed by atoms with Crippen molar-refractivity contribution in [3.05, 3.63) is 146 Å². The maximum Gasteiger partial charge on any atom is 0.0729 e. The summed E-state index contributed by atoms with van der Waals surface area (Å²) in [5.41, 5.74) is 26.1. The topological polar surface area (TPSA) is 30.2 Å². The lowest BCUT2D eigenvalue weighted by molar-refractivity contribution is -0.147. The Hall–Kier alpha value is -5.02. The van der Waals surface area contributed by atoms with Crippen LogP contribution in [0.25, 0.3) is 49.2 Å². The van der Waals surface area contributed by atoms with Crippen LogP contribution in [0, 0.1) is 17.3 Å². The first kappa shape index (κ1) is 25.9. The predicted octanol–water partition coefficient (Wildman–Crippen LogP) is 10.5. The molecule has 0 aliphatic heterocycles. The summed E-state index contributed by atoms with van der Waals surface area (Å²) < 4.78 is 2.69. The fourth-order valence-electron chi connectivity index (χ4n) is 15.3. The van der Waals surface area contributed by atoms with Gasteiger partial charge >= 0.3 is 0 Å². The van der Waals surface area contributed by atoms with E-state index >= 15 is 0 Å². The first-order valence-corrected chi connectivity index (χ1v) is 20.2. The second-order valence-corrected chi connectivity index (χ2v) is 18.1. The van der Waals surface area contributed by atoms with Crippen LogP contribution in [-0.4, -0.2) is 14.4 Å². The van der Waals surface area contributed by atoms with Crippen molar-refractivity contribution in [3.8, 4) is 11.1 Å². The van der Waals surface area contributed by atoms with Crippen molar-refractivity contribution in [1.82, 2.24) is 14.4 Å². The third kappa shape index (κ3) is 2.41. The van der Waals surface area contributed by atoms with Crippen molar-refractivity contribution in [2.45, 2.75) is 75.0 Å². The van der Waals surface area contributed by atoms with Crippen molar-refractivity contribution < 1.29 is 0 Å². The highest BCUT2D eigenvalue weighted by Crippen LogP contribution is 2.82. The molecule has 8 aromatic rings. The zero-order valence-corrected chi connectivity index (χ0v) is 29.0. The minimum Gasteiger partial charge on any atom is -0.305 e. The molecule has 5 unspecified atom stereocenters. The Kier molecular flexibility index (Phi) is 3.97. The molecule has 1 spiro atoms. The summed E-state index contributed by atoms with van der Waals surface area (Å²) in [6.45, 7) is 0. The van der Waals surface area contributed by atoms with Gasteiger partial charge in [-0.2, -0.15) is 0 Å². The molecule has 3 nitrogen and oxygen atoms in total. The molecule has 246 valence electrons. The molecule has 0 N–H and O–H groups in total. The zero-order valence-electron chi connectivity index (χ0n) is 29.0. The Labute approximate surface area is 301 Å². The Morgan fingerprint density at radius 2 is 1.17 bits per heavy atom. The molecule has 9 aliphatic rings. The Morgan fingerprint density at radius 3 is 1.85 bits per heavy atom. The number of aromatic nitrogens is 3. The highest BCUT2D eigenvalue weighted by Gasteiger charge is 2.72. The molecule has 3 fully saturated rings. The summed E-state index contributed by atoms with van der Waals surface area (Å²) in [5, 5.41) is 6.19. The summed E-state index contributed by atoms with van der Waals surface area (Å²) >= 11 is 0. The van der Waals surface area contributed by atoms with Crippen LogP contribution in [0.5, 0.6) is 0 Å². The summed E-state index contributed by atoms with van der Waals surface area (Å²) in [6.07, 6.45) is 14.8. The van der Waals surface area contributed by atoms with Gasteiger partial charge in [-0.3, -0.25) is 9.97 Å². The number of pyridine rings is 2. The summed E-state index contributed by atoms with van der Waals surface area (Å²) in [7, 11) is 0. The van der Waals surface area contributed by atoms with E-state index in [1.165, 1.54) is 86.8 Å². The molecule has 17 rings (SSSR count). The van der Waals surface area contributed by atoms with Gasteiger partial charge in [0.25, 0.3) is 0 Å². The molecule has 4 aromatic heterocycles. The third-order valence-corrected chi connectivity index (χ3v) is 16.9. The fraction of sp³-hybridized carbons (Fsp3) is 0.306. The molecule has 52 heavy (non-hydrogen) atoms. The normalized spacial score (nSPS) is 29.8. The van der Waals surface area contributed by atoms with Crippen molar-refractivity contribution in [1.29, 1.82) is 0 Å². The van der Waals surface area contributed by atoms with Crippen LogP contribution in [0.3, 0.4) is 0 Å². The lowest BCUT2D eigenvalue weighted by atomic mass is 9.37. The Morgan fingerprint density at radius 1 is 0.558 bits per heavy atom. The van der Waals surface area contributed by atoms with Gasteiger partial charge in [0, 0.05) is 39.1 Å². The molecule has 0 amide bonds. The largest absolute Gasteiger partial charge is 0.305 e. The van der Waals surface area contributed by atoms with Gasteiger partial charge in [-0.25, -0.2) is 0 Å². The summed E-state index contributed by atoms with van der Waals surface area (Å²) in [5.74, 6) is 3.63. The van der Waals surface area contributed by atoms with Crippen molar-refractivity contribution >= 4 is 38.1 Å². The van der Waals surface area contributed by atoms with E-state index in [9.17, 15) is 0 Å². The number of fused-ring (bicyclic) bond motifs is 13. The van der Waals surface area contributed by atoms with Gasteiger partial charge in [-0.05, 0) is 141 Å². The van der Waals surface area contributed by atoms with E-state index in [2.05, 4.69) is 83.5 Å². The number of hydrogen-bond donors (Lipinski definition) is 0. The zero-order chi connectivity index (χ0) is 32.9. The van der Waals surface area contributed by atoms with E-state index in [4.69, 9.17) is 9.97 Å². The summed E-state index contributed by atoms with van der Waals surface area (Å²) in [6, 6.07) is 25.7. The van der Waals surface area contributed by atoms with Crippen LogP contribution < -0.4 is 0 Å². The first-order valence-electron chi connectivity index (χ1n) is 20.2. The molecule has 4 aromatic carbocycles. The number of rotatable bonds is 0. The van der Waals surface area contributed by atoms with Crippen LogP contribution in [0.2, 0.25) is 0 Å². The molecule has 0 radical (unpaired) electrons. The highest BCUT2D eigenvalue weighted by molar-refractivity contribution is 6.29. The van der Waals surface area contributed by atoms with Gasteiger partial charge in [0.05, 0.1) is 40.6 Å². The average molecular weight is 666 g/mol. The predicted molar refractivity (Wildman–Crippen MR) is 205 cm³/mol. The number of benzene rings is 4. The Balaban J connectivity index is 1.13. The maximum atomic E-state index is 5.57. The van der Waals surface area contributed by atoms with E-state index < -0.39 is 0 Å². The van der Waals surface area contributed by atoms with E-state index in [0.29, 0.717) is 17.3 Å². The minimum absolute atomic E-state index is 0.177. The van der Waals surface area contributed by atoms with Crippen LogP contribution in [0.15, 0.2) is 79.1 Å². The molecule has 4 heterocycles. The highest BCUT2D eigenvalue weighted by atomic mass is 15.0. The van der Waals surface area contributed by atoms with E-state index in [1.54, 1.807) is 55.1 Å². The second kappa shape index (κ2) is 7.98. The van der Waals surface area contributed by atoms with Crippen LogP contribution in [-0.2, 0) is 25.7 Å². The molecule has 3 heteroatoms.